The Labute approximate surface area is 164 Å². The predicted octanol–water partition coefficient (Wildman–Crippen LogP) is 3.39. The number of carbonyl (C=O) groups excluding carboxylic acids is 1. The maximum absolute atomic E-state index is 13.1. The maximum Gasteiger partial charge on any atom is 0.303 e. The minimum absolute atomic E-state index is 0.0142. The molecule has 1 aromatic carbocycles. The molecule has 6 nitrogen and oxygen atoms in total. The van der Waals surface area contributed by atoms with Crippen LogP contribution in [0.4, 0.5) is 4.39 Å². The van der Waals surface area contributed by atoms with Crippen molar-refractivity contribution < 1.29 is 19.1 Å². The van der Waals surface area contributed by atoms with Crippen molar-refractivity contribution in [1.29, 1.82) is 0 Å². The van der Waals surface area contributed by atoms with Crippen molar-refractivity contribution in [3.05, 3.63) is 52.4 Å². The van der Waals surface area contributed by atoms with Gasteiger partial charge in [0.05, 0.1) is 16.8 Å². The Hall–Kier alpha value is -2.52. The Kier molecular flexibility index (Phi) is 5.71. The van der Waals surface area contributed by atoms with Crippen LogP contribution in [-0.2, 0) is 9.59 Å². The summed E-state index contributed by atoms with van der Waals surface area (Å²) < 4.78 is 15.2. The van der Waals surface area contributed by atoms with Gasteiger partial charge < -0.3 is 5.11 Å². The number of carbonyl (C=O) groups is 2. The van der Waals surface area contributed by atoms with Crippen LogP contribution in [0.5, 0.6) is 0 Å². The number of hydrogen-bond acceptors (Lipinski definition) is 5. The van der Waals surface area contributed by atoms with Crippen LogP contribution in [0.1, 0.15) is 24.1 Å². The molecule has 1 aromatic heterocycles. The first-order valence-electron chi connectivity index (χ1n) is 8.14. The lowest BCUT2D eigenvalue weighted by Gasteiger charge is -2.13. The van der Waals surface area contributed by atoms with Crippen LogP contribution >= 0.6 is 24.0 Å². The molecule has 27 heavy (non-hydrogen) atoms. The minimum Gasteiger partial charge on any atom is -0.481 e. The van der Waals surface area contributed by atoms with Crippen LogP contribution in [0.15, 0.2) is 35.4 Å². The highest BCUT2D eigenvalue weighted by atomic mass is 32.2. The number of thiocarbonyl (C=S) groups is 1. The number of aliphatic carboxylic acids is 1. The highest BCUT2D eigenvalue weighted by Gasteiger charge is 2.31. The molecule has 1 amide bonds. The van der Waals surface area contributed by atoms with Gasteiger partial charge in [0, 0.05) is 24.2 Å². The maximum atomic E-state index is 13.1. The highest BCUT2D eigenvalue weighted by Crippen LogP contribution is 2.33. The van der Waals surface area contributed by atoms with Crippen LogP contribution in [0.25, 0.3) is 11.8 Å². The fraction of sp³-hybridized carbons (Fsp3) is 0.222. The van der Waals surface area contributed by atoms with Gasteiger partial charge in [-0.05, 0) is 43.7 Å². The molecular weight excluding hydrogens is 389 g/mol. The van der Waals surface area contributed by atoms with Crippen LogP contribution < -0.4 is 0 Å². The van der Waals surface area contributed by atoms with Crippen molar-refractivity contribution in [2.45, 2.75) is 19.8 Å². The molecule has 0 atom stereocenters. The second-order valence-electron chi connectivity index (χ2n) is 5.90. The number of amides is 1. The lowest BCUT2D eigenvalue weighted by Crippen LogP contribution is -2.29. The van der Waals surface area contributed by atoms with Crippen molar-refractivity contribution in [2.75, 3.05) is 6.54 Å². The van der Waals surface area contributed by atoms with Gasteiger partial charge in [-0.15, -0.1) is 0 Å². The average Bonchev–Trinajstić information content (AvgIpc) is 3.10. The van der Waals surface area contributed by atoms with E-state index in [1.807, 2.05) is 6.92 Å². The van der Waals surface area contributed by atoms with E-state index in [1.165, 1.54) is 28.8 Å². The van der Waals surface area contributed by atoms with E-state index in [4.69, 9.17) is 17.3 Å². The second kappa shape index (κ2) is 8.01. The van der Waals surface area contributed by atoms with Crippen molar-refractivity contribution in [3.8, 4) is 5.69 Å². The molecule has 1 aliphatic heterocycles. The van der Waals surface area contributed by atoms with Gasteiger partial charge in [0.1, 0.15) is 10.1 Å². The molecule has 2 aromatic rings. The molecule has 0 aliphatic carbocycles. The monoisotopic (exact) mass is 405 g/mol. The molecule has 0 saturated carbocycles. The van der Waals surface area contributed by atoms with Gasteiger partial charge >= 0.3 is 5.97 Å². The summed E-state index contributed by atoms with van der Waals surface area (Å²) in [6.45, 7) is 2.14. The molecule has 140 valence electrons. The SMILES string of the molecule is Cc1c(C=C2SC(=S)N(CCCC(=O)O)C2=O)cnn1-c1ccc(F)cc1. The number of rotatable bonds is 6. The quantitative estimate of drug-likeness (QED) is 0.587. The van der Waals surface area contributed by atoms with Gasteiger partial charge in [0.2, 0.25) is 0 Å². The van der Waals surface area contributed by atoms with E-state index >= 15 is 0 Å². The lowest BCUT2D eigenvalue weighted by molar-refractivity contribution is -0.137. The average molecular weight is 405 g/mol. The Balaban J connectivity index is 1.79. The lowest BCUT2D eigenvalue weighted by atomic mass is 10.2. The smallest absolute Gasteiger partial charge is 0.303 e. The van der Waals surface area contributed by atoms with Crippen molar-refractivity contribution in [2.24, 2.45) is 0 Å². The van der Waals surface area contributed by atoms with E-state index in [1.54, 1.807) is 29.1 Å². The first-order chi connectivity index (χ1) is 12.9. The second-order valence-corrected chi connectivity index (χ2v) is 7.58. The standard InChI is InChI=1S/C18H16FN3O3S2/c1-11-12(10-20-22(11)14-6-4-13(19)5-7-14)9-15-17(25)21(18(26)27-15)8-2-3-16(23)24/h4-7,9-10H,2-3,8H2,1H3,(H,23,24). The van der Waals surface area contributed by atoms with Crippen molar-refractivity contribution in [1.82, 2.24) is 14.7 Å². The van der Waals surface area contributed by atoms with Crippen LogP contribution in [0, 0.1) is 12.7 Å². The summed E-state index contributed by atoms with van der Waals surface area (Å²) in [6, 6.07) is 5.97. The van der Waals surface area contributed by atoms with E-state index in [0.717, 1.165) is 16.9 Å². The summed E-state index contributed by atoms with van der Waals surface area (Å²) in [5, 5.41) is 13.0. The van der Waals surface area contributed by atoms with Gasteiger partial charge in [-0.1, -0.05) is 24.0 Å². The van der Waals surface area contributed by atoms with Gasteiger partial charge in [0.15, 0.2) is 0 Å². The number of hydrogen-bond donors (Lipinski definition) is 1. The molecule has 1 saturated heterocycles. The molecule has 1 N–H and O–H groups in total. The zero-order chi connectivity index (χ0) is 19.6. The molecule has 1 aliphatic rings. The van der Waals surface area contributed by atoms with Crippen molar-refractivity contribution in [3.63, 3.8) is 0 Å². The van der Waals surface area contributed by atoms with Crippen molar-refractivity contribution >= 4 is 46.3 Å². The van der Waals surface area contributed by atoms with E-state index in [2.05, 4.69) is 5.10 Å². The number of nitrogens with zero attached hydrogens (tertiary/aromatic N) is 3. The predicted molar refractivity (Wildman–Crippen MR) is 105 cm³/mol. The largest absolute Gasteiger partial charge is 0.481 e. The topological polar surface area (TPSA) is 75.4 Å². The number of carboxylic acid groups (broad SMARTS) is 1. The molecule has 0 spiro atoms. The first-order valence-corrected chi connectivity index (χ1v) is 9.37. The van der Waals surface area contributed by atoms with Gasteiger partial charge in [0.25, 0.3) is 5.91 Å². The Bertz CT molecular complexity index is 938. The van der Waals surface area contributed by atoms with E-state index in [0.29, 0.717) is 15.6 Å². The third kappa shape index (κ3) is 4.25. The molecular formula is C18H16FN3O3S2. The summed E-state index contributed by atoms with van der Waals surface area (Å²) in [5.41, 5.74) is 2.28. The summed E-state index contributed by atoms with van der Waals surface area (Å²) in [6.07, 6.45) is 3.69. The third-order valence-electron chi connectivity index (χ3n) is 4.05. The third-order valence-corrected chi connectivity index (χ3v) is 5.43. The zero-order valence-corrected chi connectivity index (χ0v) is 16.0. The highest BCUT2D eigenvalue weighted by molar-refractivity contribution is 8.26. The zero-order valence-electron chi connectivity index (χ0n) is 14.4. The molecule has 2 heterocycles. The van der Waals surface area contributed by atoms with Crippen LogP contribution in [-0.4, -0.2) is 42.5 Å². The molecule has 1 fully saturated rings. The molecule has 3 rings (SSSR count). The summed E-state index contributed by atoms with van der Waals surface area (Å²) in [7, 11) is 0. The molecule has 9 heteroatoms. The number of thioether (sulfide) groups is 1. The number of benzene rings is 1. The van der Waals surface area contributed by atoms with Crippen LogP contribution in [0.3, 0.4) is 0 Å². The van der Waals surface area contributed by atoms with Crippen LogP contribution in [0.2, 0.25) is 0 Å². The van der Waals surface area contributed by atoms with Gasteiger partial charge in [-0.3, -0.25) is 14.5 Å². The molecule has 0 bridgehead atoms. The van der Waals surface area contributed by atoms with E-state index in [-0.39, 0.29) is 24.7 Å². The summed E-state index contributed by atoms with van der Waals surface area (Å²) >= 11 is 6.43. The normalized spacial score (nSPS) is 15.8. The molecule has 0 radical (unpaired) electrons. The number of carboxylic acids is 1. The molecule has 0 unspecified atom stereocenters. The Morgan fingerprint density at radius 3 is 2.74 bits per heavy atom. The first kappa shape index (κ1) is 19.2. The Morgan fingerprint density at radius 2 is 2.07 bits per heavy atom. The minimum atomic E-state index is -0.903. The number of halogens is 1. The van der Waals surface area contributed by atoms with E-state index in [9.17, 15) is 14.0 Å². The Morgan fingerprint density at radius 1 is 1.37 bits per heavy atom. The fourth-order valence-electron chi connectivity index (χ4n) is 2.63. The summed E-state index contributed by atoms with van der Waals surface area (Å²) in [5.74, 6) is -1.46. The van der Waals surface area contributed by atoms with Gasteiger partial charge in [-0.2, -0.15) is 5.10 Å². The van der Waals surface area contributed by atoms with E-state index < -0.39 is 5.97 Å². The summed E-state index contributed by atoms with van der Waals surface area (Å²) in [4.78, 5) is 25.1. The fourth-order valence-corrected chi connectivity index (χ4v) is 3.93. The van der Waals surface area contributed by atoms with Gasteiger partial charge in [-0.25, -0.2) is 9.07 Å². The number of aromatic nitrogens is 2.